The molecule has 1 aromatic carbocycles. The van der Waals surface area contributed by atoms with Gasteiger partial charge in [-0.1, -0.05) is 29.8 Å². The third-order valence-electron chi connectivity index (χ3n) is 2.61. The van der Waals surface area contributed by atoms with Gasteiger partial charge in [-0.2, -0.15) is 0 Å². The molecule has 3 heteroatoms. The number of rotatable bonds is 3. The van der Waals surface area contributed by atoms with Crippen LogP contribution in [-0.4, -0.2) is 0 Å². The van der Waals surface area contributed by atoms with Crippen LogP contribution in [0.3, 0.4) is 0 Å². The summed E-state index contributed by atoms with van der Waals surface area (Å²) in [6.07, 6.45) is 0.888. The summed E-state index contributed by atoms with van der Waals surface area (Å²) in [4.78, 5) is 1.32. The lowest BCUT2D eigenvalue weighted by molar-refractivity contribution is 0.729. The number of nitrogens with two attached hydrogens (primary N) is 1. The smallest absolute Gasteiger partial charge is 0.0435 e. The highest BCUT2D eigenvalue weighted by Crippen LogP contribution is 2.23. The summed E-state index contributed by atoms with van der Waals surface area (Å²) >= 11 is 7.74. The maximum absolute atomic E-state index is 6.17. The van der Waals surface area contributed by atoms with E-state index in [0.29, 0.717) is 0 Å². The number of halogens is 1. The third-order valence-corrected chi connectivity index (χ3v) is 3.93. The molecular formula is C13H14ClNS. The molecule has 84 valence electrons. The maximum atomic E-state index is 6.17. The summed E-state index contributed by atoms with van der Waals surface area (Å²) in [6.45, 7) is 2.00. The van der Waals surface area contributed by atoms with Crippen LogP contribution in [0.2, 0.25) is 5.02 Å². The van der Waals surface area contributed by atoms with E-state index in [0.717, 1.165) is 22.6 Å². The lowest BCUT2D eigenvalue weighted by atomic mass is 10.0. The molecule has 0 saturated heterocycles. The Morgan fingerprint density at radius 1 is 1.38 bits per heavy atom. The van der Waals surface area contributed by atoms with Crippen LogP contribution in [0, 0.1) is 6.92 Å². The molecule has 0 radical (unpaired) electrons. The highest BCUT2D eigenvalue weighted by molar-refractivity contribution is 7.09. The SMILES string of the molecule is Cc1cc(C(N)Cc2cccs2)ccc1Cl. The summed E-state index contributed by atoms with van der Waals surface area (Å²) in [7, 11) is 0. The second-order valence-corrected chi connectivity index (χ2v) is 5.34. The van der Waals surface area contributed by atoms with E-state index in [1.54, 1.807) is 11.3 Å². The van der Waals surface area contributed by atoms with Crippen molar-refractivity contribution in [3.63, 3.8) is 0 Å². The van der Waals surface area contributed by atoms with Gasteiger partial charge in [0.2, 0.25) is 0 Å². The monoisotopic (exact) mass is 251 g/mol. The number of hydrogen-bond donors (Lipinski definition) is 1. The van der Waals surface area contributed by atoms with Crippen molar-refractivity contribution in [3.05, 3.63) is 56.7 Å². The second kappa shape index (κ2) is 5.00. The number of aryl methyl sites for hydroxylation is 1. The van der Waals surface area contributed by atoms with Crippen molar-refractivity contribution in [1.29, 1.82) is 0 Å². The molecule has 0 bridgehead atoms. The Labute approximate surface area is 105 Å². The molecule has 0 amide bonds. The van der Waals surface area contributed by atoms with Gasteiger partial charge in [-0.3, -0.25) is 0 Å². The molecule has 1 aromatic heterocycles. The van der Waals surface area contributed by atoms with Gasteiger partial charge in [0.15, 0.2) is 0 Å². The Morgan fingerprint density at radius 3 is 2.81 bits per heavy atom. The summed E-state index contributed by atoms with van der Waals surface area (Å²) in [5, 5.41) is 2.88. The van der Waals surface area contributed by atoms with Gasteiger partial charge in [0.05, 0.1) is 0 Å². The average molecular weight is 252 g/mol. The van der Waals surface area contributed by atoms with E-state index in [-0.39, 0.29) is 6.04 Å². The summed E-state index contributed by atoms with van der Waals surface area (Å²) in [5.74, 6) is 0. The zero-order valence-electron chi connectivity index (χ0n) is 9.11. The Kier molecular flexibility index (Phi) is 3.64. The van der Waals surface area contributed by atoms with Crippen LogP contribution >= 0.6 is 22.9 Å². The molecule has 0 aliphatic heterocycles. The van der Waals surface area contributed by atoms with Gasteiger partial charge in [-0.25, -0.2) is 0 Å². The normalized spacial score (nSPS) is 12.7. The molecule has 1 unspecified atom stereocenters. The first-order valence-electron chi connectivity index (χ1n) is 5.21. The van der Waals surface area contributed by atoms with Crippen LogP contribution in [0.25, 0.3) is 0 Å². The van der Waals surface area contributed by atoms with Gasteiger partial charge in [0.1, 0.15) is 0 Å². The third kappa shape index (κ3) is 2.64. The Bertz CT molecular complexity index is 465. The first-order chi connectivity index (χ1) is 7.66. The van der Waals surface area contributed by atoms with Crippen LogP contribution in [0.4, 0.5) is 0 Å². The van der Waals surface area contributed by atoms with Gasteiger partial charge >= 0.3 is 0 Å². The standard InChI is InChI=1S/C13H14ClNS/c1-9-7-10(4-5-12(9)14)13(15)8-11-3-2-6-16-11/h2-7,13H,8,15H2,1H3. The minimum Gasteiger partial charge on any atom is -0.324 e. The van der Waals surface area contributed by atoms with Crippen molar-refractivity contribution >= 4 is 22.9 Å². The van der Waals surface area contributed by atoms with Crippen molar-refractivity contribution in [2.24, 2.45) is 5.73 Å². The number of hydrogen-bond acceptors (Lipinski definition) is 2. The van der Waals surface area contributed by atoms with Crippen LogP contribution in [0.1, 0.15) is 22.0 Å². The Balaban J connectivity index is 2.14. The quantitative estimate of drug-likeness (QED) is 0.878. The average Bonchev–Trinajstić information content (AvgIpc) is 2.74. The Morgan fingerprint density at radius 2 is 2.19 bits per heavy atom. The predicted molar refractivity (Wildman–Crippen MR) is 71.1 cm³/mol. The van der Waals surface area contributed by atoms with Crippen molar-refractivity contribution in [2.75, 3.05) is 0 Å². The fourth-order valence-corrected chi connectivity index (χ4v) is 2.54. The fourth-order valence-electron chi connectivity index (χ4n) is 1.66. The van der Waals surface area contributed by atoms with Gasteiger partial charge in [0, 0.05) is 22.4 Å². The molecular weight excluding hydrogens is 238 g/mol. The largest absolute Gasteiger partial charge is 0.324 e. The summed E-state index contributed by atoms with van der Waals surface area (Å²) in [6, 6.07) is 10.2. The van der Waals surface area contributed by atoms with Crippen molar-refractivity contribution in [1.82, 2.24) is 0 Å². The van der Waals surface area contributed by atoms with E-state index in [4.69, 9.17) is 17.3 Å². The molecule has 1 nitrogen and oxygen atoms in total. The molecule has 2 rings (SSSR count). The first-order valence-corrected chi connectivity index (χ1v) is 6.46. The van der Waals surface area contributed by atoms with E-state index >= 15 is 0 Å². The molecule has 1 atom stereocenters. The van der Waals surface area contributed by atoms with Crippen molar-refractivity contribution in [2.45, 2.75) is 19.4 Å². The van der Waals surface area contributed by atoms with Crippen LogP contribution < -0.4 is 5.73 Å². The van der Waals surface area contributed by atoms with Gasteiger partial charge in [-0.05, 0) is 35.6 Å². The molecule has 0 aliphatic carbocycles. The zero-order chi connectivity index (χ0) is 11.5. The molecule has 1 heterocycles. The highest BCUT2D eigenvalue weighted by Gasteiger charge is 2.08. The second-order valence-electron chi connectivity index (χ2n) is 3.90. The van der Waals surface area contributed by atoms with Crippen LogP contribution in [0.5, 0.6) is 0 Å². The van der Waals surface area contributed by atoms with E-state index in [1.807, 2.05) is 19.1 Å². The first kappa shape index (κ1) is 11.6. The lowest BCUT2D eigenvalue weighted by Crippen LogP contribution is -2.12. The topological polar surface area (TPSA) is 26.0 Å². The zero-order valence-corrected chi connectivity index (χ0v) is 10.7. The minimum absolute atomic E-state index is 0.0506. The number of thiophene rings is 1. The fraction of sp³-hybridized carbons (Fsp3) is 0.231. The Hall–Kier alpha value is -0.830. The molecule has 0 fully saturated rings. The molecule has 0 spiro atoms. The van der Waals surface area contributed by atoms with Gasteiger partial charge in [-0.15, -0.1) is 11.3 Å². The van der Waals surface area contributed by atoms with Crippen LogP contribution in [0.15, 0.2) is 35.7 Å². The molecule has 2 N–H and O–H groups in total. The van der Waals surface area contributed by atoms with Gasteiger partial charge < -0.3 is 5.73 Å². The highest BCUT2D eigenvalue weighted by atomic mass is 35.5. The lowest BCUT2D eigenvalue weighted by Gasteiger charge is -2.12. The molecule has 16 heavy (non-hydrogen) atoms. The summed E-state index contributed by atoms with van der Waals surface area (Å²) < 4.78 is 0. The molecule has 0 aliphatic rings. The van der Waals surface area contributed by atoms with Crippen LogP contribution in [-0.2, 0) is 6.42 Å². The van der Waals surface area contributed by atoms with E-state index in [9.17, 15) is 0 Å². The van der Waals surface area contributed by atoms with E-state index in [2.05, 4.69) is 23.6 Å². The predicted octanol–water partition coefficient (Wildman–Crippen LogP) is 3.95. The van der Waals surface area contributed by atoms with E-state index < -0.39 is 0 Å². The van der Waals surface area contributed by atoms with Crippen molar-refractivity contribution < 1.29 is 0 Å². The summed E-state index contributed by atoms with van der Waals surface area (Å²) in [5.41, 5.74) is 8.40. The minimum atomic E-state index is 0.0506. The maximum Gasteiger partial charge on any atom is 0.0435 e. The molecule has 0 saturated carbocycles. The number of benzene rings is 1. The van der Waals surface area contributed by atoms with Crippen molar-refractivity contribution in [3.8, 4) is 0 Å². The van der Waals surface area contributed by atoms with Gasteiger partial charge in [0.25, 0.3) is 0 Å². The molecule has 2 aromatic rings. The van der Waals surface area contributed by atoms with E-state index in [1.165, 1.54) is 4.88 Å².